The molecule has 0 unspecified atom stereocenters. The highest BCUT2D eigenvalue weighted by atomic mass is 32.1. The Balaban J connectivity index is 1.93. The van der Waals surface area contributed by atoms with E-state index in [1.54, 1.807) is 0 Å². The van der Waals surface area contributed by atoms with Crippen LogP contribution in [0.1, 0.15) is 36.4 Å². The van der Waals surface area contributed by atoms with Crippen molar-refractivity contribution in [1.82, 2.24) is 15.6 Å². The van der Waals surface area contributed by atoms with Crippen LogP contribution in [-0.4, -0.2) is 24.6 Å². The fourth-order valence-electron chi connectivity index (χ4n) is 1.91. The highest BCUT2D eigenvalue weighted by Gasteiger charge is 2.17. The molecule has 0 aliphatic carbocycles. The SMILES string of the molecule is CCNCc1csc(C2CCNCC2)n1. The van der Waals surface area contributed by atoms with Crippen molar-refractivity contribution in [1.29, 1.82) is 0 Å². The molecule has 1 fully saturated rings. The van der Waals surface area contributed by atoms with Crippen LogP contribution >= 0.6 is 11.3 Å². The maximum absolute atomic E-state index is 4.70. The molecule has 1 aromatic rings. The van der Waals surface area contributed by atoms with Gasteiger partial charge in [-0.25, -0.2) is 4.98 Å². The van der Waals surface area contributed by atoms with Crippen LogP contribution in [0.25, 0.3) is 0 Å². The summed E-state index contributed by atoms with van der Waals surface area (Å²) >= 11 is 1.83. The molecule has 0 saturated carbocycles. The number of nitrogens with one attached hydrogen (secondary N) is 2. The largest absolute Gasteiger partial charge is 0.317 e. The van der Waals surface area contributed by atoms with E-state index < -0.39 is 0 Å². The number of thiazole rings is 1. The van der Waals surface area contributed by atoms with Crippen LogP contribution in [0.3, 0.4) is 0 Å². The van der Waals surface area contributed by atoms with E-state index >= 15 is 0 Å². The second-order valence-electron chi connectivity index (χ2n) is 3.98. The Kier molecular flexibility index (Phi) is 4.11. The maximum Gasteiger partial charge on any atom is 0.0960 e. The number of rotatable bonds is 4. The third kappa shape index (κ3) is 3.00. The minimum atomic E-state index is 0.701. The molecule has 15 heavy (non-hydrogen) atoms. The normalized spacial score (nSPS) is 18.2. The van der Waals surface area contributed by atoms with Gasteiger partial charge in [0.25, 0.3) is 0 Å². The standard InChI is InChI=1S/C11H19N3S/c1-2-12-7-10-8-15-11(14-10)9-3-5-13-6-4-9/h8-9,12-13H,2-7H2,1H3. The van der Waals surface area contributed by atoms with Crippen LogP contribution in [0.2, 0.25) is 0 Å². The van der Waals surface area contributed by atoms with Gasteiger partial charge in [0.15, 0.2) is 0 Å². The first-order valence-corrected chi connectivity index (χ1v) is 6.64. The Morgan fingerprint density at radius 3 is 3.07 bits per heavy atom. The van der Waals surface area contributed by atoms with Gasteiger partial charge in [-0.2, -0.15) is 0 Å². The van der Waals surface area contributed by atoms with Gasteiger partial charge in [-0.05, 0) is 32.5 Å². The number of piperidine rings is 1. The second-order valence-corrected chi connectivity index (χ2v) is 4.87. The predicted octanol–water partition coefficient (Wildman–Crippen LogP) is 1.72. The fourth-order valence-corrected chi connectivity index (χ4v) is 2.90. The van der Waals surface area contributed by atoms with Gasteiger partial charge in [0.1, 0.15) is 0 Å². The molecule has 2 heterocycles. The molecule has 1 saturated heterocycles. The number of aromatic nitrogens is 1. The van der Waals surface area contributed by atoms with E-state index in [1.165, 1.54) is 23.5 Å². The lowest BCUT2D eigenvalue weighted by Crippen LogP contribution is -2.26. The van der Waals surface area contributed by atoms with Gasteiger partial charge in [0.05, 0.1) is 10.7 Å². The zero-order valence-electron chi connectivity index (χ0n) is 9.25. The van der Waals surface area contributed by atoms with Crippen LogP contribution in [0.15, 0.2) is 5.38 Å². The first kappa shape index (κ1) is 11.0. The van der Waals surface area contributed by atoms with E-state index in [1.807, 2.05) is 11.3 Å². The van der Waals surface area contributed by atoms with Crippen molar-refractivity contribution in [2.75, 3.05) is 19.6 Å². The molecule has 2 rings (SSSR count). The van der Waals surface area contributed by atoms with E-state index in [4.69, 9.17) is 4.98 Å². The smallest absolute Gasteiger partial charge is 0.0960 e. The van der Waals surface area contributed by atoms with Gasteiger partial charge in [-0.15, -0.1) is 11.3 Å². The lowest BCUT2D eigenvalue weighted by molar-refractivity contribution is 0.458. The van der Waals surface area contributed by atoms with Crippen molar-refractivity contribution < 1.29 is 0 Å². The summed E-state index contributed by atoms with van der Waals surface area (Å²) in [5.41, 5.74) is 1.20. The van der Waals surface area contributed by atoms with Crippen LogP contribution in [0.4, 0.5) is 0 Å². The van der Waals surface area contributed by atoms with Gasteiger partial charge in [-0.1, -0.05) is 6.92 Å². The summed E-state index contributed by atoms with van der Waals surface area (Å²) in [7, 11) is 0. The number of hydrogen-bond acceptors (Lipinski definition) is 4. The average molecular weight is 225 g/mol. The van der Waals surface area contributed by atoms with Crippen molar-refractivity contribution in [2.45, 2.75) is 32.2 Å². The minimum absolute atomic E-state index is 0.701. The third-order valence-electron chi connectivity index (χ3n) is 2.81. The van der Waals surface area contributed by atoms with Gasteiger partial charge in [0, 0.05) is 17.8 Å². The van der Waals surface area contributed by atoms with Crippen LogP contribution in [-0.2, 0) is 6.54 Å². The van der Waals surface area contributed by atoms with Crippen molar-refractivity contribution >= 4 is 11.3 Å². The Morgan fingerprint density at radius 1 is 1.53 bits per heavy atom. The number of hydrogen-bond donors (Lipinski definition) is 2. The lowest BCUT2D eigenvalue weighted by Gasteiger charge is -2.20. The first-order valence-electron chi connectivity index (χ1n) is 5.76. The second kappa shape index (κ2) is 5.58. The van der Waals surface area contributed by atoms with Gasteiger partial charge in [0.2, 0.25) is 0 Å². The Hall–Kier alpha value is -0.450. The highest BCUT2D eigenvalue weighted by Crippen LogP contribution is 2.27. The van der Waals surface area contributed by atoms with Crippen LogP contribution < -0.4 is 10.6 Å². The molecule has 3 nitrogen and oxygen atoms in total. The minimum Gasteiger partial charge on any atom is -0.317 e. The molecular weight excluding hydrogens is 206 g/mol. The van der Waals surface area contributed by atoms with Gasteiger partial charge < -0.3 is 10.6 Å². The molecular formula is C11H19N3S. The van der Waals surface area contributed by atoms with E-state index in [0.717, 1.165) is 26.2 Å². The Labute approximate surface area is 95.3 Å². The van der Waals surface area contributed by atoms with Crippen molar-refractivity contribution in [3.05, 3.63) is 16.1 Å². The summed E-state index contributed by atoms with van der Waals surface area (Å²) < 4.78 is 0. The molecule has 0 spiro atoms. The summed E-state index contributed by atoms with van der Waals surface area (Å²) in [6.45, 7) is 6.35. The first-order chi connectivity index (χ1) is 7.40. The lowest BCUT2D eigenvalue weighted by atomic mass is 9.99. The third-order valence-corrected chi connectivity index (χ3v) is 3.87. The Morgan fingerprint density at radius 2 is 2.33 bits per heavy atom. The maximum atomic E-state index is 4.70. The monoisotopic (exact) mass is 225 g/mol. The molecule has 4 heteroatoms. The van der Waals surface area contributed by atoms with Gasteiger partial charge >= 0.3 is 0 Å². The van der Waals surface area contributed by atoms with E-state index in [2.05, 4.69) is 22.9 Å². The van der Waals surface area contributed by atoms with Crippen LogP contribution in [0.5, 0.6) is 0 Å². The van der Waals surface area contributed by atoms with E-state index in [-0.39, 0.29) is 0 Å². The summed E-state index contributed by atoms with van der Waals surface area (Å²) in [6, 6.07) is 0. The predicted molar refractivity (Wildman–Crippen MR) is 64.3 cm³/mol. The van der Waals surface area contributed by atoms with Crippen molar-refractivity contribution in [3.63, 3.8) is 0 Å². The summed E-state index contributed by atoms with van der Waals surface area (Å²) in [4.78, 5) is 4.70. The van der Waals surface area contributed by atoms with Crippen molar-refractivity contribution in [2.24, 2.45) is 0 Å². The topological polar surface area (TPSA) is 37.0 Å². The molecule has 1 aliphatic rings. The molecule has 0 amide bonds. The summed E-state index contributed by atoms with van der Waals surface area (Å²) in [5.74, 6) is 0.701. The van der Waals surface area contributed by atoms with Crippen LogP contribution in [0, 0.1) is 0 Å². The fraction of sp³-hybridized carbons (Fsp3) is 0.727. The molecule has 1 aliphatic heterocycles. The quantitative estimate of drug-likeness (QED) is 0.819. The van der Waals surface area contributed by atoms with Crippen molar-refractivity contribution in [3.8, 4) is 0 Å². The molecule has 0 bridgehead atoms. The molecule has 0 atom stereocenters. The average Bonchev–Trinajstić information content (AvgIpc) is 2.76. The molecule has 0 aromatic carbocycles. The van der Waals surface area contributed by atoms with E-state index in [9.17, 15) is 0 Å². The molecule has 84 valence electrons. The summed E-state index contributed by atoms with van der Waals surface area (Å²) in [5, 5.41) is 10.2. The van der Waals surface area contributed by atoms with E-state index in [0.29, 0.717) is 5.92 Å². The molecule has 2 N–H and O–H groups in total. The highest BCUT2D eigenvalue weighted by molar-refractivity contribution is 7.09. The zero-order chi connectivity index (χ0) is 10.5. The van der Waals surface area contributed by atoms with Gasteiger partial charge in [-0.3, -0.25) is 0 Å². The Bertz CT molecular complexity index is 292. The molecule has 1 aromatic heterocycles. The zero-order valence-corrected chi connectivity index (χ0v) is 10.1. The number of nitrogens with zero attached hydrogens (tertiary/aromatic N) is 1. The molecule has 0 radical (unpaired) electrons. The summed E-state index contributed by atoms with van der Waals surface area (Å²) in [6.07, 6.45) is 2.49.